The molecule has 1 aromatic rings. The van der Waals surface area contributed by atoms with Gasteiger partial charge < -0.3 is 15.7 Å². The predicted molar refractivity (Wildman–Crippen MR) is 74.7 cm³/mol. The fraction of sp³-hybridized carbons (Fsp3) is 0.385. The van der Waals surface area contributed by atoms with Crippen molar-refractivity contribution in [3.63, 3.8) is 0 Å². The highest BCUT2D eigenvalue weighted by Gasteiger charge is 2.18. The fourth-order valence-corrected chi connectivity index (χ4v) is 2.26. The Labute approximate surface area is 117 Å². The number of nitrogens with two attached hydrogens (primary N) is 1. The summed E-state index contributed by atoms with van der Waals surface area (Å²) in [6, 6.07) is 4.57. The van der Waals surface area contributed by atoms with Gasteiger partial charge in [-0.1, -0.05) is 11.6 Å². The molecule has 1 amide bonds. The lowest BCUT2D eigenvalue weighted by Gasteiger charge is -2.30. The van der Waals surface area contributed by atoms with Crippen LogP contribution in [0.5, 0.6) is 0 Å². The molecule has 0 aliphatic rings. The van der Waals surface area contributed by atoms with E-state index in [0.717, 1.165) is 0 Å². The van der Waals surface area contributed by atoms with Crippen molar-refractivity contribution in [3.05, 3.63) is 28.8 Å². The molecule has 3 N–H and O–H groups in total. The minimum atomic E-state index is -0.865. The lowest BCUT2D eigenvalue weighted by molar-refractivity contribution is -0.137. The van der Waals surface area contributed by atoms with E-state index in [1.807, 2.05) is 18.7 Å². The van der Waals surface area contributed by atoms with Gasteiger partial charge in [0.15, 0.2) is 0 Å². The van der Waals surface area contributed by atoms with Crippen molar-refractivity contribution in [1.29, 1.82) is 0 Å². The Morgan fingerprint density at radius 1 is 1.47 bits per heavy atom. The predicted octanol–water partition coefficient (Wildman–Crippen LogP) is 2.13. The van der Waals surface area contributed by atoms with Crippen LogP contribution in [0.1, 0.15) is 30.6 Å². The minimum absolute atomic E-state index is 0.0156. The molecular formula is C13H17ClN2O3. The molecule has 19 heavy (non-hydrogen) atoms. The molecule has 5 nitrogen and oxygen atoms in total. The number of rotatable bonds is 6. The first-order valence-electron chi connectivity index (χ1n) is 5.94. The first kappa shape index (κ1) is 15.3. The number of carboxylic acids is 1. The highest BCUT2D eigenvalue weighted by atomic mass is 35.5. The summed E-state index contributed by atoms with van der Waals surface area (Å²) in [5, 5.41) is 9.23. The first-order chi connectivity index (χ1) is 8.86. The van der Waals surface area contributed by atoms with Gasteiger partial charge in [0.2, 0.25) is 5.91 Å². The van der Waals surface area contributed by atoms with Crippen LogP contribution in [0.4, 0.5) is 5.69 Å². The van der Waals surface area contributed by atoms with Gasteiger partial charge in [-0.25, -0.2) is 0 Å². The minimum Gasteiger partial charge on any atom is -0.481 e. The van der Waals surface area contributed by atoms with E-state index in [1.54, 1.807) is 12.1 Å². The third-order valence-corrected chi connectivity index (χ3v) is 3.19. The fourth-order valence-electron chi connectivity index (χ4n) is 1.98. The average Bonchev–Trinajstić information content (AvgIpc) is 2.30. The Bertz CT molecular complexity index is 491. The molecule has 0 saturated heterocycles. The van der Waals surface area contributed by atoms with Crippen LogP contribution in [0, 0.1) is 0 Å². The summed E-state index contributed by atoms with van der Waals surface area (Å²) >= 11 is 6.13. The number of benzene rings is 1. The third-order valence-electron chi connectivity index (χ3n) is 2.88. The summed E-state index contributed by atoms with van der Waals surface area (Å²) in [5.41, 5.74) is 6.20. The van der Waals surface area contributed by atoms with Gasteiger partial charge in [-0.05, 0) is 32.0 Å². The maximum Gasteiger partial charge on any atom is 0.305 e. The molecule has 0 spiro atoms. The Balaban J connectivity index is 3.05. The van der Waals surface area contributed by atoms with Crippen LogP contribution in [0.15, 0.2) is 18.2 Å². The number of hydrogen-bond acceptors (Lipinski definition) is 3. The largest absolute Gasteiger partial charge is 0.481 e. The Morgan fingerprint density at radius 2 is 2.11 bits per heavy atom. The van der Waals surface area contributed by atoms with E-state index in [0.29, 0.717) is 22.8 Å². The zero-order valence-corrected chi connectivity index (χ0v) is 11.6. The van der Waals surface area contributed by atoms with E-state index in [9.17, 15) is 9.59 Å². The second-order valence-corrected chi connectivity index (χ2v) is 4.67. The Morgan fingerprint density at radius 3 is 2.53 bits per heavy atom. The molecule has 1 rings (SSSR count). The summed E-state index contributed by atoms with van der Waals surface area (Å²) in [6.45, 7) is 4.34. The lowest BCUT2D eigenvalue weighted by atomic mass is 10.1. The van der Waals surface area contributed by atoms with Crippen LogP contribution in [0.3, 0.4) is 0 Å². The summed E-state index contributed by atoms with van der Waals surface area (Å²) < 4.78 is 0. The number of carbonyl (C=O) groups excluding carboxylic acids is 1. The number of aliphatic carboxylic acids is 1. The number of carboxylic acid groups (broad SMARTS) is 1. The molecule has 1 aromatic carbocycles. The molecule has 0 aliphatic carbocycles. The molecule has 6 heteroatoms. The molecule has 0 radical (unpaired) electrons. The van der Waals surface area contributed by atoms with E-state index < -0.39 is 11.9 Å². The van der Waals surface area contributed by atoms with Crippen molar-refractivity contribution >= 4 is 29.2 Å². The van der Waals surface area contributed by atoms with Gasteiger partial charge in [0.25, 0.3) is 0 Å². The van der Waals surface area contributed by atoms with Gasteiger partial charge in [0.05, 0.1) is 17.1 Å². The van der Waals surface area contributed by atoms with E-state index in [2.05, 4.69) is 0 Å². The summed E-state index contributed by atoms with van der Waals surface area (Å²) in [6.07, 6.45) is 0.0156. The molecule has 0 heterocycles. The van der Waals surface area contributed by atoms with Crippen molar-refractivity contribution in [3.8, 4) is 0 Å². The van der Waals surface area contributed by atoms with Crippen molar-refractivity contribution < 1.29 is 14.7 Å². The molecular weight excluding hydrogens is 268 g/mol. The maximum absolute atomic E-state index is 11.1. The number of nitrogens with zero attached hydrogens (tertiary/aromatic N) is 1. The Kier molecular flexibility index (Phi) is 5.18. The SMILES string of the molecule is CCN(c1ccc(C(N)=O)cc1Cl)C(C)CC(=O)O. The topological polar surface area (TPSA) is 83.6 Å². The smallest absolute Gasteiger partial charge is 0.305 e. The number of halogens is 1. The van der Waals surface area contributed by atoms with Crippen LogP contribution < -0.4 is 10.6 Å². The van der Waals surface area contributed by atoms with Gasteiger partial charge in [0.1, 0.15) is 0 Å². The average molecular weight is 285 g/mol. The van der Waals surface area contributed by atoms with E-state index in [-0.39, 0.29) is 12.5 Å². The maximum atomic E-state index is 11.1. The van der Waals surface area contributed by atoms with Gasteiger partial charge in [-0.15, -0.1) is 0 Å². The molecule has 104 valence electrons. The van der Waals surface area contributed by atoms with Gasteiger partial charge in [-0.2, -0.15) is 0 Å². The van der Waals surface area contributed by atoms with Gasteiger partial charge in [-0.3, -0.25) is 9.59 Å². The van der Waals surface area contributed by atoms with Crippen molar-refractivity contribution in [1.82, 2.24) is 0 Å². The molecule has 0 aromatic heterocycles. The van der Waals surface area contributed by atoms with Crippen molar-refractivity contribution in [2.75, 3.05) is 11.4 Å². The number of amides is 1. The normalized spacial score (nSPS) is 11.9. The standard InChI is InChI=1S/C13H17ClN2O3/c1-3-16(8(2)6-12(17)18)11-5-4-9(13(15)19)7-10(11)14/h4-5,7-8H,3,6H2,1-2H3,(H2,15,19)(H,17,18). The quantitative estimate of drug-likeness (QED) is 0.838. The highest BCUT2D eigenvalue weighted by Crippen LogP contribution is 2.28. The number of hydrogen-bond donors (Lipinski definition) is 2. The zero-order valence-electron chi connectivity index (χ0n) is 10.9. The van der Waals surface area contributed by atoms with Crippen LogP contribution >= 0.6 is 11.6 Å². The molecule has 1 unspecified atom stereocenters. The number of carbonyl (C=O) groups is 2. The summed E-state index contributed by atoms with van der Waals surface area (Å²) in [5.74, 6) is -1.41. The second-order valence-electron chi connectivity index (χ2n) is 4.26. The summed E-state index contributed by atoms with van der Waals surface area (Å²) in [4.78, 5) is 23.7. The molecule has 0 saturated carbocycles. The Hall–Kier alpha value is -1.75. The second kappa shape index (κ2) is 6.43. The lowest BCUT2D eigenvalue weighted by Crippen LogP contribution is -2.34. The highest BCUT2D eigenvalue weighted by molar-refractivity contribution is 6.33. The van der Waals surface area contributed by atoms with Crippen LogP contribution in [-0.2, 0) is 4.79 Å². The molecule has 0 fully saturated rings. The monoisotopic (exact) mass is 284 g/mol. The molecule has 0 bridgehead atoms. The van der Waals surface area contributed by atoms with Crippen LogP contribution in [-0.4, -0.2) is 29.6 Å². The van der Waals surface area contributed by atoms with Crippen molar-refractivity contribution in [2.24, 2.45) is 5.73 Å². The van der Waals surface area contributed by atoms with Gasteiger partial charge >= 0.3 is 5.97 Å². The number of anilines is 1. The first-order valence-corrected chi connectivity index (χ1v) is 6.32. The van der Waals surface area contributed by atoms with Crippen molar-refractivity contribution in [2.45, 2.75) is 26.3 Å². The summed E-state index contributed by atoms with van der Waals surface area (Å²) in [7, 11) is 0. The van der Waals surface area contributed by atoms with Crippen LogP contribution in [0.25, 0.3) is 0 Å². The van der Waals surface area contributed by atoms with Crippen LogP contribution in [0.2, 0.25) is 5.02 Å². The van der Waals surface area contributed by atoms with E-state index in [1.165, 1.54) is 6.07 Å². The molecule has 0 aliphatic heterocycles. The number of primary amides is 1. The van der Waals surface area contributed by atoms with E-state index in [4.69, 9.17) is 22.4 Å². The van der Waals surface area contributed by atoms with Gasteiger partial charge in [0, 0.05) is 18.2 Å². The zero-order chi connectivity index (χ0) is 14.6. The van der Waals surface area contributed by atoms with E-state index >= 15 is 0 Å². The molecule has 1 atom stereocenters. The third kappa shape index (κ3) is 3.86.